The van der Waals surface area contributed by atoms with Crippen LogP contribution in [0.3, 0.4) is 0 Å². The standard InChI is InChI=1S/C28H22ClFN4O2/c29-22-9-10-25-23(15-22)26(33-32-25)16-31-28(36)20-5-3-4-18(13-20)12-19-7-8-21(24(30)14-19)17-34-11-2-1-6-27(34)35/h1-11,13-15H,12,16-17H2,(H,31,36)(H,32,33). The van der Waals surface area contributed by atoms with Crippen molar-refractivity contribution in [2.45, 2.75) is 19.5 Å². The molecule has 5 aromatic rings. The molecule has 0 unspecified atom stereocenters. The third-order valence-corrected chi connectivity index (χ3v) is 6.21. The SMILES string of the molecule is O=C(NCc1n[nH]c2ccc(Cl)cc12)c1cccc(Cc2ccc(Cn3ccccc3=O)c(F)c2)c1. The number of pyridine rings is 1. The van der Waals surface area contributed by atoms with Crippen molar-refractivity contribution in [2.75, 3.05) is 0 Å². The zero-order chi connectivity index (χ0) is 25.1. The fraction of sp³-hybridized carbons (Fsp3) is 0.107. The maximum atomic E-state index is 14.8. The zero-order valence-corrected chi connectivity index (χ0v) is 19.9. The quantitative estimate of drug-likeness (QED) is 0.327. The van der Waals surface area contributed by atoms with Crippen molar-refractivity contribution in [3.63, 3.8) is 0 Å². The van der Waals surface area contributed by atoms with Crippen molar-refractivity contribution in [1.82, 2.24) is 20.1 Å². The molecule has 0 aliphatic heterocycles. The van der Waals surface area contributed by atoms with Gasteiger partial charge < -0.3 is 9.88 Å². The molecule has 0 fully saturated rings. The second-order valence-electron chi connectivity index (χ2n) is 8.51. The summed E-state index contributed by atoms with van der Waals surface area (Å²) in [5.74, 6) is -0.603. The van der Waals surface area contributed by atoms with Gasteiger partial charge in [-0.2, -0.15) is 5.10 Å². The van der Waals surface area contributed by atoms with E-state index >= 15 is 0 Å². The fourth-order valence-corrected chi connectivity index (χ4v) is 4.28. The van der Waals surface area contributed by atoms with Crippen LogP contribution in [0.4, 0.5) is 4.39 Å². The van der Waals surface area contributed by atoms with Crippen LogP contribution in [0.15, 0.2) is 89.9 Å². The van der Waals surface area contributed by atoms with Crippen molar-refractivity contribution in [1.29, 1.82) is 0 Å². The Hall–Kier alpha value is -4.23. The first-order valence-corrected chi connectivity index (χ1v) is 11.8. The van der Waals surface area contributed by atoms with Gasteiger partial charge in [0.2, 0.25) is 0 Å². The van der Waals surface area contributed by atoms with E-state index in [9.17, 15) is 14.0 Å². The van der Waals surface area contributed by atoms with Crippen LogP contribution in [0.25, 0.3) is 10.9 Å². The minimum absolute atomic E-state index is 0.166. The van der Waals surface area contributed by atoms with Crippen LogP contribution in [0.2, 0.25) is 5.02 Å². The molecule has 8 heteroatoms. The summed E-state index contributed by atoms with van der Waals surface area (Å²) in [5.41, 5.74) is 3.96. The summed E-state index contributed by atoms with van der Waals surface area (Å²) >= 11 is 6.08. The predicted molar refractivity (Wildman–Crippen MR) is 138 cm³/mol. The molecule has 0 saturated heterocycles. The van der Waals surface area contributed by atoms with Gasteiger partial charge in [-0.1, -0.05) is 41.9 Å². The molecule has 2 aromatic heterocycles. The molecule has 0 radical (unpaired) electrons. The van der Waals surface area contributed by atoms with E-state index in [0.717, 1.165) is 22.0 Å². The Morgan fingerprint density at radius 3 is 2.69 bits per heavy atom. The normalized spacial score (nSPS) is 11.1. The van der Waals surface area contributed by atoms with Gasteiger partial charge in [-0.05, 0) is 60.0 Å². The number of fused-ring (bicyclic) bond motifs is 1. The molecule has 5 rings (SSSR count). The fourth-order valence-electron chi connectivity index (χ4n) is 4.10. The molecule has 0 spiro atoms. The third kappa shape index (κ3) is 5.21. The van der Waals surface area contributed by atoms with E-state index < -0.39 is 0 Å². The molecule has 0 atom stereocenters. The summed E-state index contributed by atoms with van der Waals surface area (Å²) in [7, 11) is 0. The van der Waals surface area contributed by atoms with Gasteiger partial charge in [0.25, 0.3) is 11.5 Å². The number of carbonyl (C=O) groups is 1. The highest BCUT2D eigenvalue weighted by Gasteiger charge is 2.11. The van der Waals surface area contributed by atoms with E-state index in [0.29, 0.717) is 28.3 Å². The van der Waals surface area contributed by atoms with Gasteiger partial charge in [-0.15, -0.1) is 0 Å². The summed E-state index contributed by atoms with van der Waals surface area (Å²) in [4.78, 5) is 24.7. The Bertz CT molecular complexity index is 1630. The summed E-state index contributed by atoms with van der Waals surface area (Å²) in [6, 6.07) is 22.5. The van der Waals surface area contributed by atoms with Gasteiger partial charge in [-0.3, -0.25) is 14.7 Å². The van der Waals surface area contributed by atoms with E-state index in [-0.39, 0.29) is 30.4 Å². The van der Waals surface area contributed by atoms with Crippen LogP contribution in [0, 0.1) is 5.82 Å². The lowest BCUT2D eigenvalue weighted by Gasteiger charge is -2.10. The molecular formula is C28H22ClFN4O2. The molecule has 1 amide bonds. The number of aromatic nitrogens is 3. The first kappa shape index (κ1) is 23.5. The second kappa shape index (κ2) is 10.2. The average Bonchev–Trinajstić information content (AvgIpc) is 3.27. The molecular weight excluding hydrogens is 479 g/mol. The molecule has 36 heavy (non-hydrogen) atoms. The molecule has 6 nitrogen and oxygen atoms in total. The molecule has 0 bridgehead atoms. The summed E-state index contributed by atoms with van der Waals surface area (Å²) in [5, 5.41) is 11.6. The first-order valence-electron chi connectivity index (χ1n) is 11.4. The molecule has 180 valence electrons. The number of nitrogens with zero attached hydrogens (tertiary/aromatic N) is 2. The number of hydrogen-bond donors (Lipinski definition) is 2. The number of carbonyl (C=O) groups excluding carboxylic acids is 1. The molecule has 2 heterocycles. The molecule has 0 saturated carbocycles. The Labute approximate surface area is 211 Å². The van der Waals surface area contributed by atoms with E-state index in [4.69, 9.17) is 11.6 Å². The van der Waals surface area contributed by atoms with Gasteiger partial charge >= 0.3 is 0 Å². The third-order valence-electron chi connectivity index (χ3n) is 5.97. The number of rotatable bonds is 7. The number of halogens is 2. The predicted octanol–water partition coefficient (Wildman–Crippen LogP) is 5.09. The van der Waals surface area contributed by atoms with E-state index in [1.54, 1.807) is 48.7 Å². The van der Waals surface area contributed by atoms with Crippen molar-refractivity contribution >= 4 is 28.4 Å². The van der Waals surface area contributed by atoms with Crippen LogP contribution in [-0.4, -0.2) is 20.7 Å². The first-order chi connectivity index (χ1) is 17.5. The van der Waals surface area contributed by atoms with E-state index in [2.05, 4.69) is 15.5 Å². The monoisotopic (exact) mass is 500 g/mol. The summed E-state index contributed by atoms with van der Waals surface area (Å²) in [6.07, 6.45) is 2.10. The lowest BCUT2D eigenvalue weighted by molar-refractivity contribution is 0.0950. The summed E-state index contributed by atoms with van der Waals surface area (Å²) < 4.78 is 16.2. The second-order valence-corrected chi connectivity index (χ2v) is 8.95. The maximum absolute atomic E-state index is 14.8. The Balaban J connectivity index is 1.26. The topological polar surface area (TPSA) is 79.8 Å². The number of hydrogen-bond acceptors (Lipinski definition) is 3. The molecule has 0 aliphatic carbocycles. The molecule has 3 aromatic carbocycles. The van der Waals surface area contributed by atoms with Crippen molar-refractivity contribution in [2.24, 2.45) is 0 Å². The summed E-state index contributed by atoms with van der Waals surface area (Å²) in [6.45, 7) is 0.416. The smallest absolute Gasteiger partial charge is 0.251 e. The van der Waals surface area contributed by atoms with Crippen molar-refractivity contribution in [3.8, 4) is 0 Å². The molecule has 0 aliphatic rings. The lowest BCUT2D eigenvalue weighted by atomic mass is 10.0. The highest BCUT2D eigenvalue weighted by Crippen LogP contribution is 2.21. The number of amides is 1. The van der Waals surface area contributed by atoms with Crippen LogP contribution in [-0.2, 0) is 19.5 Å². The van der Waals surface area contributed by atoms with E-state index in [1.165, 1.54) is 16.7 Å². The number of aromatic amines is 1. The van der Waals surface area contributed by atoms with Gasteiger partial charge in [-0.25, -0.2) is 4.39 Å². The van der Waals surface area contributed by atoms with Gasteiger partial charge in [0.15, 0.2) is 0 Å². The van der Waals surface area contributed by atoms with Gasteiger partial charge in [0.05, 0.1) is 24.3 Å². The number of benzene rings is 3. The molecule has 2 N–H and O–H groups in total. The highest BCUT2D eigenvalue weighted by atomic mass is 35.5. The Morgan fingerprint density at radius 2 is 1.86 bits per heavy atom. The maximum Gasteiger partial charge on any atom is 0.251 e. The Kier molecular flexibility index (Phi) is 6.64. The van der Waals surface area contributed by atoms with Gasteiger partial charge in [0, 0.05) is 33.8 Å². The highest BCUT2D eigenvalue weighted by molar-refractivity contribution is 6.31. The average molecular weight is 501 g/mol. The minimum Gasteiger partial charge on any atom is -0.346 e. The van der Waals surface area contributed by atoms with Crippen LogP contribution in [0.1, 0.15) is 32.7 Å². The van der Waals surface area contributed by atoms with Crippen LogP contribution < -0.4 is 10.9 Å². The zero-order valence-electron chi connectivity index (χ0n) is 19.2. The minimum atomic E-state index is -0.372. The van der Waals surface area contributed by atoms with Crippen molar-refractivity contribution < 1.29 is 9.18 Å². The van der Waals surface area contributed by atoms with Crippen LogP contribution in [0.5, 0.6) is 0 Å². The number of nitrogens with one attached hydrogen (secondary N) is 2. The van der Waals surface area contributed by atoms with Crippen LogP contribution >= 0.6 is 11.6 Å². The Morgan fingerprint density at radius 1 is 1.00 bits per heavy atom. The van der Waals surface area contributed by atoms with E-state index in [1.807, 2.05) is 24.3 Å². The van der Waals surface area contributed by atoms with Gasteiger partial charge in [0.1, 0.15) is 5.82 Å². The lowest BCUT2D eigenvalue weighted by Crippen LogP contribution is -2.23. The van der Waals surface area contributed by atoms with Crippen molar-refractivity contribution in [3.05, 3.63) is 134 Å². The largest absolute Gasteiger partial charge is 0.346 e. The number of H-pyrrole nitrogens is 1.